The van der Waals surface area contributed by atoms with Crippen LogP contribution in [0.5, 0.6) is 0 Å². The summed E-state index contributed by atoms with van der Waals surface area (Å²) < 4.78 is 6.26. The predicted molar refractivity (Wildman–Crippen MR) is 67.8 cm³/mol. The third-order valence-electron chi connectivity index (χ3n) is 2.80. The lowest BCUT2D eigenvalue weighted by Gasteiger charge is -2.22. The van der Waals surface area contributed by atoms with Crippen molar-refractivity contribution < 1.29 is 20.1 Å². The van der Waals surface area contributed by atoms with Gasteiger partial charge in [-0.15, -0.1) is 0 Å². The maximum absolute atomic E-state index is 11.6. The molecule has 0 aliphatic rings. The molecule has 0 aromatic carbocycles. The Morgan fingerprint density at radius 2 is 2.20 bits per heavy atom. The molecular weight excluding hydrogens is 268 g/mol. The second-order valence-corrected chi connectivity index (χ2v) is 4.40. The molecule has 4 N–H and O–H groups in total. The standard InChI is InChI=1S/C11H16N4O5/c1-5(17)7(3-16)20-11(19)15-4-12-8-9(15)13-6(2)14-10(8)18/h4-5,7,11,16-17,19H,3H2,1-2H3,(H,13,14,18). The smallest absolute Gasteiger partial charge is 0.279 e. The SMILES string of the molecule is Cc1nc2c(ncn2C(O)OC(CO)C(C)O)c(=O)[nH]1. The van der Waals surface area contributed by atoms with E-state index in [1.54, 1.807) is 6.92 Å². The number of aliphatic hydroxyl groups is 3. The van der Waals surface area contributed by atoms with Crippen molar-refractivity contribution in [1.29, 1.82) is 0 Å². The lowest BCUT2D eigenvalue weighted by Crippen LogP contribution is -2.33. The van der Waals surface area contributed by atoms with Crippen LogP contribution in [0.4, 0.5) is 0 Å². The van der Waals surface area contributed by atoms with Crippen LogP contribution in [0.3, 0.4) is 0 Å². The predicted octanol–water partition coefficient (Wildman–Crippen LogP) is -1.37. The Morgan fingerprint density at radius 1 is 1.50 bits per heavy atom. The van der Waals surface area contributed by atoms with E-state index in [0.29, 0.717) is 5.82 Å². The Kier molecular flexibility index (Phi) is 4.14. The maximum atomic E-state index is 11.6. The van der Waals surface area contributed by atoms with Crippen molar-refractivity contribution in [3.05, 3.63) is 22.5 Å². The number of hydrogen-bond acceptors (Lipinski definition) is 7. The van der Waals surface area contributed by atoms with Gasteiger partial charge in [0.1, 0.15) is 18.3 Å². The van der Waals surface area contributed by atoms with Crippen molar-refractivity contribution in [1.82, 2.24) is 19.5 Å². The third kappa shape index (κ3) is 2.70. The highest BCUT2D eigenvalue weighted by Crippen LogP contribution is 2.15. The molecule has 2 heterocycles. The van der Waals surface area contributed by atoms with E-state index in [2.05, 4.69) is 15.0 Å². The fourth-order valence-electron chi connectivity index (χ4n) is 1.73. The van der Waals surface area contributed by atoms with E-state index in [9.17, 15) is 15.0 Å². The van der Waals surface area contributed by atoms with Gasteiger partial charge in [-0.3, -0.25) is 9.36 Å². The van der Waals surface area contributed by atoms with Crippen molar-refractivity contribution >= 4 is 11.2 Å². The maximum Gasteiger partial charge on any atom is 0.279 e. The summed E-state index contributed by atoms with van der Waals surface area (Å²) in [6, 6.07) is 0. The first-order valence-electron chi connectivity index (χ1n) is 6.00. The highest BCUT2D eigenvalue weighted by molar-refractivity contribution is 5.69. The minimum absolute atomic E-state index is 0.0656. The zero-order valence-electron chi connectivity index (χ0n) is 11.0. The summed E-state index contributed by atoms with van der Waals surface area (Å²) in [7, 11) is 0. The van der Waals surface area contributed by atoms with Crippen LogP contribution in [0.15, 0.2) is 11.1 Å². The monoisotopic (exact) mass is 284 g/mol. The van der Waals surface area contributed by atoms with Gasteiger partial charge in [0, 0.05) is 0 Å². The normalized spacial score (nSPS) is 16.2. The number of fused-ring (bicyclic) bond motifs is 1. The van der Waals surface area contributed by atoms with Crippen LogP contribution in [0.2, 0.25) is 0 Å². The summed E-state index contributed by atoms with van der Waals surface area (Å²) >= 11 is 0. The Morgan fingerprint density at radius 3 is 2.80 bits per heavy atom. The van der Waals surface area contributed by atoms with Gasteiger partial charge in [-0.2, -0.15) is 0 Å². The van der Waals surface area contributed by atoms with E-state index in [-0.39, 0.29) is 11.2 Å². The van der Waals surface area contributed by atoms with Gasteiger partial charge in [0.05, 0.1) is 12.7 Å². The van der Waals surface area contributed by atoms with Crippen LogP contribution < -0.4 is 5.56 Å². The van der Waals surface area contributed by atoms with Gasteiger partial charge in [-0.25, -0.2) is 9.97 Å². The fourth-order valence-corrected chi connectivity index (χ4v) is 1.73. The molecule has 3 unspecified atom stereocenters. The number of imidazole rings is 1. The molecule has 0 bridgehead atoms. The first-order valence-corrected chi connectivity index (χ1v) is 6.00. The van der Waals surface area contributed by atoms with E-state index < -0.39 is 30.8 Å². The molecule has 110 valence electrons. The van der Waals surface area contributed by atoms with Crippen molar-refractivity contribution in [3.8, 4) is 0 Å². The lowest BCUT2D eigenvalue weighted by molar-refractivity contribution is -0.210. The first-order chi connectivity index (χ1) is 9.43. The highest BCUT2D eigenvalue weighted by Gasteiger charge is 2.22. The van der Waals surface area contributed by atoms with Crippen LogP contribution >= 0.6 is 0 Å². The van der Waals surface area contributed by atoms with Gasteiger partial charge in [0.2, 0.25) is 6.41 Å². The minimum atomic E-state index is -1.53. The third-order valence-corrected chi connectivity index (χ3v) is 2.80. The van der Waals surface area contributed by atoms with Gasteiger partial charge < -0.3 is 25.0 Å². The average molecular weight is 284 g/mol. The molecule has 0 radical (unpaired) electrons. The molecule has 0 amide bonds. The molecule has 0 aliphatic carbocycles. The number of ether oxygens (including phenoxy) is 1. The van der Waals surface area contributed by atoms with Crippen LogP contribution in [-0.2, 0) is 4.74 Å². The summed E-state index contributed by atoms with van der Waals surface area (Å²) in [6.45, 7) is 2.55. The van der Waals surface area contributed by atoms with Gasteiger partial charge in [0.25, 0.3) is 5.56 Å². The van der Waals surface area contributed by atoms with Gasteiger partial charge in [-0.05, 0) is 13.8 Å². The van der Waals surface area contributed by atoms with Gasteiger partial charge in [-0.1, -0.05) is 0 Å². The Balaban J connectivity index is 2.35. The summed E-state index contributed by atoms with van der Waals surface area (Å²) in [5, 5.41) is 28.4. The molecule has 0 spiro atoms. The number of H-pyrrole nitrogens is 1. The zero-order valence-corrected chi connectivity index (χ0v) is 11.0. The number of aromatic amines is 1. The largest absolute Gasteiger partial charge is 0.394 e. The van der Waals surface area contributed by atoms with E-state index in [1.165, 1.54) is 13.3 Å². The summed E-state index contributed by atoms with van der Waals surface area (Å²) in [6.07, 6.45) is -2.26. The van der Waals surface area contributed by atoms with Crippen LogP contribution in [0.25, 0.3) is 11.2 Å². The molecule has 9 heteroatoms. The Labute approximate surface area is 113 Å². The molecule has 0 saturated heterocycles. The zero-order chi connectivity index (χ0) is 14.9. The molecule has 9 nitrogen and oxygen atoms in total. The van der Waals surface area contributed by atoms with Crippen LogP contribution in [0.1, 0.15) is 19.2 Å². The molecule has 0 aliphatic heterocycles. The van der Waals surface area contributed by atoms with Crippen molar-refractivity contribution in [2.75, 3.05) is 6.61 Å². The quantitative estimate of drug-likeness (QED) is 0.498. The number of hydrogen-bond donors (Lipinski definition) is 4. The number of aromatic nitrogens is 4. The molecular formula is C11H16N4O5. The summed E-state index contributed by atoms with van der Waals surface area (Å²) in [5.41, 5.74) is -0.204. The Bertz CT molecular complexity index is 650. The van der Waals surface area contributed by atoms with Crippen LogP contribution in [0, 0.1) is 6.92 Å². The second kappa shape index (κ2) is 5.67. The molecule has 2 rings (SSSR count). The molecule has 20 heavy (non-hydrogen) atoms. The summed E-state index contributed by atoms with van der Waals surface area (Å²) in [5.74, 6) is 0.366. The number of nitrogens with zero attached hydrogens (tertiary/aromatic N) is 3. The van der Waals surface area contributed by atoms with Crippen LogP contribution in [-0.4, -0.2) is 53.7 Å². The lowest BCUT2D eigenvalue weighted by atomic mass is 10.2. The fraction of sp³-hybridized carbons (Fsp3) is 0.545. The first kappa shape index (κ1) is 14.6. The summed E-state index contributed by atoms with van der Waals surface area (Å²) in [4.78, 5) is 22.1. The average Bonchev–Trinajstić information content (AvgIpc) is 2.79. The van der Waals surface area contributed by atoms with E-state index in [0.717, 1.165) is 4.57 Å². The van der Waals surface area contributed by atoms with E-state index in [4.69, 9.17) is 9.84 Å². The minimum Gasteiger partial charge on any atom is -0.394 e. The number of aliphatic hydroxyl groups excluding tert-OH is 3. The van der Waals surface area contributed by atoms with Crippen molar-refractivity contribution in [2.24, 2.45) is 0 Å². The number of nitrogens with one attached hydrogen (secondary N) is 1. The number of aryl methyl sites for hydroxylation is 1. The molecule has 0 saturated carbocycles. The topological polar surface area (TPSA) is 133 Å². The Hall–Kier alpha value is -1.81. The van der Waals surface area contributed by atoms with Crippen molar-refractivity contribution in [2.45, 2.75) is 32.5 Å². The molecule has 2 aromatic heterocycles. The number of rotatable bonds is 5. The van der Waals surface area contributed by atoms with Gasteiger partial charge >= 0.3 is 0 Å². The molecule has 2 aromatic rings. The molecule has 0 fully saturated rings. The van der Waals surface area contributed by atoms with E-state index in [1.807, 2.05) is 0 Å². The molecule has 3 atom stereocenters. The van der Waals surface area contributed by atoms with Gasteiger partial charge in [0.15, 0.2) is 11.2 Å². The highest BCUT2D eigenvalue weighted by atomic mass is 16.6. The van der Waals surface area contributed by atoms with E-state index >= 15 is 0 Å². The second-order valence-electron chi connectivity index (χ2n) is 4.40. The van der Waals surface area contributed by atoms with Crippen molar-refractivity contribution in [3.63, 3.8) is 0 Å².